The van der Waals surface area contributed by atoms with Crippen molar-refractivity contribution in [2.24, 2.45) is 5.92 Å². The summed E-state index contributed by atoms with van der Waals surface area (Å²) in [5.41, 5.74) is 1.70. The van der Waals surface area contributed by atoms with Gasteiger partial charge in [-0.3, -0.25) is 14.6 Å². The zero-order chi connectivity index (χ0) is 19.1. The number of fused-ring (bicyclic) bond motifs is 1. The normalized spacial score (nSPS) is 22.4. The zero-order valence-corrected chi connectivity index (χ0v) is 15.3. The maximum atomic E-state index is 13.2. The molecule has 142 valence electrons. The first-order valence-corrected chi connectivity index (χ1v) is 9.67. The number of amides is 2. The Hall–Kier alpha value is -3.22. The van der Waals surface area contributed by atoms with E-state index in [1.807, 2.05) is 41.4 Å². The minimum absolute atomic E-state index is 0.0987. The lowest BCUT2D eigenvalue weighted by Gasteiger charge is -2.41. The van der Waals surface area contributed by atoms with Gasteiger partial charge in [-0.2, -0.15) is 0 Å². The standard InChI is InChI=1S/C21H21N5O2/c27-18-6-4-16(19(26(18)15-2-3-15)13-7-10-22-11-8-13)21(28)25-17-5-1-14-9-12-23-20(14)24-17/h1,5,7-12,15-16,19H,2-4,6H2,(H2,23,24,25,28)/t16-,19+/m0/s1. The Morgan fingerprint density at radius 2 is 1.93 bits per heavy atom. The minimum atomic E-state index is -0.318. The molecule has 3 aromatic heterocycles. The van der Waals surface area contributed by atoms with Crippen molar-refractivity contribution in [3.63, 3.8) is 0 Å². The molecule has 28 heavy (non-hydrogen) atoms. The predicted octanol–water partition coefficient (Wildman–Crippen LogP) is 3.04. The van der Waals surface area contributed by atoms with Crippen LogP contribution in [0.1, 0.15) is 37.3 Å². The van der Waals surface area contributed by atoms with Crippen molar-refractivity contribution in [1.29, 1.82) is 0 Å². The van der Waals surface area contributed by atoms with Crippen molar-refractivity contribution in [2.45, 2.75) is 37.8 Å². The Morgan fingerprint density at radius 3 is 2.71 bits per heavy atom. The maximum Gasteiger partial charge on any atom is 0.231 e. The number of aromatic nitrogens is 3. The van der Waals surface area contributed by atoms with Crippen molar-refractivity contribution < 1.29 is 9.59 Å². The summed E-state index contributed by atoms with van der Waals surface area (Å²) >= 11 is 0. The highest BCUT2D eigenvalue weighted by atomic mass is 16.2. The number of rotatable bonds is 4. The van der Waals surface area contributed by atoms with Crippen molar-refractivity contribution in [3.8, 4) is 0 Å². The van der Waals surface area contributed by atoms with Gasteiger partial charge in [0.15, 0.2) is 0 Å². The molecule has 0 bridgehead atoms. The summed E-state index contributed by atoms with van der Waals surface area (Å²) in [6.45, 7) is 0. The molecule has 0 unspecified atom stereocenters. The molecule has 7 nitrogen and oxygen atoms in total. The Labute approximate surface area is 162 Å². The molecule has 3 aromatic rings. The molecule has 0 radical (unpaired) electrons. The van der Waals surface area contributed by atoms with Gasteiger partial charge in [0.05, 0.1) is 12.0 Å². The highest BCUT2D eigenvalue weighted by Gasteiger charge is 2.46. The lowest BCUT2D eigenvalue weighted by Crippen LogP contribution is -2.47. The van der Waals surface area contributed by atoms with E-state index < -0.39 is 0 Å². The van der Waals surface area contributed by atoms with Gasteiger partial charge in [0.1, 0.15) is 11.5 Å². The smallest absolute Gasteiger partial charge is 0.231 e. The summed E-state index contributed by atoms with van der Waals surface area (Å²) in [7, 11) is 0. The zero-order valence-electron chi connectivity index (χ0n) is 15.3. The van der Waals surface area contributed by atoms with Crippen LogP contribution in [0.4, 0.5) is 5.82 Å². The van der Waals surface area contributed by atoms with Gasteiger partial charge < -0.3 is 15.2 Å². The Bertz CT molecular complexity index is 1030. The molecule has 2 aliphatic rings. The number of likely N-dealkylation sites (tertiary alicyclic amines) is 1. The number of nitrogens with zero attached hydrogens (tertiary/aromatic N) is 3. The first-order chi connectivity index (χ1) is 13.7. The van der Waals surface area contributed by atoms with E-state index in [-0.39, 0.29) is 29.8 Å². The number of carbonyl (C=O) groups excluding carboxylic acids is 2. The molecule has 2 fully saturated rings. The average molecular weight is 375 g/mol. The van der Waals surface area contributed by atoms with E-state index >= 15 is 0 Å². The van der Waals surface area contributed by atoms with Gasteiger partial charge >= 0.3 is 0 Å². The number of carbonyl (C=O) groups is 2. The molecule has 5 rings (SSSR count). The monoisotopic (exact) mass is 375 g/mol. The van der Waals surface area contributed by atoms with Crippen LogP contribution in [-0.2, 0) is 9.59 Å². The molecule has 0 aromatic carbocycles. The minimum Gasteiger partial charge on any atom is -0.346 e. The van der Waals surface area contributed by atoms with Gasteiger partial charge in [-0.25, -0.2) is 4.98 Å². The summed E-state index contributed by atoms with van der Waals surface area (Å²) < 4.78 is 0. The second-order valence-corrected chi connectivity index (χ2v) is 7.50. The van der Waals surface area contributed by atoms with Crippen LogP contribution in [0.15, 0.2) is 48.9 Å². The molecular weight excluding hydrogens is 354 g/mol. The summed E-state index contributed by atoms with van der Waals surface area (Å²) in [4.78, 5) is 39.4. The van der Waals surface area contributed by atoms with Crippen molar-refractivity contribution in [1.82, 2.24) is 19.9 Å². The topological polar surface area (TPSA) is 91.0 Å². The summed E-state index contributed by atoms with van der Waals surface area (Å²) in [6.07, 6.45) is 8.21. The van der Waals surface area contributed by atoms with Crippen molar-refractivity contribution in [2.75, 3.05) is 5.32 Å². The summed E-state index contributed by atoms with van der Waals surface area (Å²) in [5.74, 6) is 0.239. The number of hydrogen-bond acceptors (Lipinski definition) is 4. The number of H-pyrrole nitrogens is 1. The van der Waals surface area contributed by atoms with Crippen molar-refractivity contribution >= 4 is 28.7 Å². The number of pyridine rings is 2. The van der Waals surface area contributed by atoms with E-state index in [0.717, 1.165) is 29.4 Å². The van der Waals surface area contributed by atoms with Crippen LogP contribution in [0.2, 0.25) is 0 Å². The van der Waals surface area contributed by atoms with Crippen LogP contribution in [-0.4, -0.2) is 37.7 Å². The molecule has 2 atom stereocenters. The fraction of sp³-hybridized carbons (Fsp3) is 0.333. The SMILES string of the molecule is O=C(Nc1ccc2cc[nH]c2n1)[C@H]1CCC(=O)N(C2CC2)[C@@H]1c1ccncc1. The highest BCUT2D eigenvalue weighted by molar-refractivity contribution is 5.95. The van der Waals surface area contributed by atoms with Crippen LogP contribution >= 0.6 is 0 Å². The third kappa shape index (κ3) is 3.02. The molecular formula is C21H21N5O2. The molecule has 2 N–H and O–H groups in total. The second kappa shape index (κ2) is 6.74. The predicted molar refractivity (Wildman–Crippen MR) is 104 cm³/mol. The van der Waals surface area contributed by atoms with Crippen LogP contribution in [0.5, 0.6) is 0 Å². The number of nitrogens with one attached hydrogen (secondary N) is 2. The van der Waals surface area contributed by atoms with Gasteiger partial charge in [-0.15, -0.1) is 0 Å². The first kappa shape index (κ1) is 16.9. The van der Waals surface area contributed by atoms with Gasteiger partial charge in [0.2, 0.25) is 11.8 Å². The van der Waals surface area contributed by atoms with Crippen LogP contribution < -0.4 is 5.32 Å². The molecule has 2 amide bonds. The fourth-order valence-electron chi connectivity index (χ4n) is 4.15. The van der Waals surface area contributed by atoms with E-state index in [4.69, 9.17) is 0 Å². The van der Waals surface area contributed by atoms with Gasteiger partial charge in [0.25, 0.3) is 0 Å². The van der Waals surface area contributed by atoms with Crippen LogP contribution in [0.25, 0.3) is 11.0 Å². The van der Waals surface area contributed by atoms with E-state index in [1.54, 1.807) is 12.4 Å². The summed E-state index contributed by atoms with van der Waals surface area (Å²) in [5, 5.41) is 3.96. The first-order valence-electron chi connectivity index (χ1n) is 9.67. The van der Waals surface area contributed by atoms with E-state index in [0.29, 0.717) is 18.7 Å². The number of anilines is 1. The Kier molecular flexibility index (Phi) is 4.07. The van der Waals surface area contributed by atoms with Crippen molar-refractivity contribution in [3.05, 3.63) is 54.5 Å². The number of piperidine rings is 1. The number of hydrogen-bond donors (Lipinski definition) is 2. The lowest BCUT2D eigenvalue weighted by atomic mass is 9.83. The third-order valence-electron chi connectivity index (χ3n) is 5.62. The Morgan fingerprint density at radius 1 is 1.11 bits per heavy atom. The average Bonchev–Trinajstić information content (AvgIpc) is 3.44. The van der Waals surface area contributed by atoms with E-state index in [2.05, 4.69) is 20.3 Å². The van der Waals surface area contributed by atoms with E-state index in [9.17, 15) is 9.59 Å². The molecule has 1 saturated carbocycles. The highest BCUT2D eigenvalue weighted by Crippen LogP contribution is 2.43. The Balaban J connectivity index is 1.45. The van der Waals surface area contributed by atoms with Crippen LogP contribution in [0, 0.1) is 5.92 Å². The summed E-state index contributed by atoms with van der Waals surface area (Å²) in [6, 6.07) is 9.47. The quantitative estimate of drug-likeness (QED) is 0.733. The molecule has 1 saturated heterocycles. The molecule has 4 heterocycles. The van der Waals surface area contributed by atoms with E-state index in [1.165, 1.54) is 0 Å². The molecule has 1 aliphatic heterocycles. The van der Waals surface area contributed by atoms with Gasteiger partial charge in [-0.05, 0) is 55.2 Å². The fourth-order valence-corrected chi connectivity index (χ4v) is 4.15. The van der Waals surface area contributed by atoms with Gasteiger partial charge in [-0.1, -0.05) is 0 Å². The third-order valence-corrected chi connectivity index (χ3v) is 5.62. The second-order valence-electron chi connectivity index (χ2n) is 7.50. The lowest BCUT2D eigenvalue weighted by molar-refractivity contribution is -0.142. The molecule has 1 aliphatic carbocycles. The largest absolute Gasteiger partial charge is 0.346 e. The molecule has 7 heteroatoms. The van der Waals surface area contributed by atoms with Crippen LogP contribution in [0.3, 0.4) is 0 Å². The van der Waals surface area contributed by atoms with Gasteiger partial charge in [0, 0.05) is 36.4 Å². The molecule has 0 spiro atoms. The number of aromatic amines is 1. The maximum absolute atomic E-state index is 13.2.